The van der Waals surface area contributed by atoms with Crippen molar-refractivity contribution in [2.24, 2.45) is 0 Å². The van der Waals surface area contributed by atoms with Crippen molar-refractivity contribution in [3.8, 4) is 5.75 Å². The predicted octanol–water partition coefficient (Wildman–Crippen LogP) is 6.55. The number of nitrogens with one attached hydrogen (secondary N) is 1. The van der Waals surface area contributed by atoms with Gasteiger partial charge in [-0.15, -0.1) is 0 Å². The Morgan fingerprint density at radius 1 is 0.863 bits per heavy atom. The Morgan fingerprint density at radius 2 is 1.55 bits per heavy atom. The van der Waals surface area contributed by atoms with Crippen molar-refractivity contribution in [3.05, 3.63) is 89.0 Å². The zero-order chi connectivity index (χ0) is 37.5. The first-order chi connectivity index (χ1) is 24.5. The zero-order valence-electron chi connectivity index (χ0n) is 30.9. The molecular formula is C42H65NO8. The van der Waals surface area contributed by atoms with Crippen molar-refractivity contribution in [1.82, 2.24) is 5.32 Å². The number of aliphatic hydroxyl groups is 5. The van der Waals surface area contributed by atoms with Gasteiger partial charge >= 0.3 is 5.97 Å². The van der Waals surface area contributed by atoms with E-state index in [1.54, 1.807) is 31.2 Å². The Labute approximate surface area is 305 Å². The number of aromatic hydroxyl groups is 1. The summed E-state index contributed by atoms with van der Waals surface area (Å²) in [5.74, 6) is -1.03. The molecule has 0 bridgehead atoms. The number of unbranched alkanes of at least 4 members (excludes halogenated alkanes) is 5. The Bertz CT molecular complexity index is 1280. The van der Waals surface area contributed by atoms with E-state index in [9.17, 15) is 35.4 Å². The Kier molecular flexibility index (Phi) is 21.6. The van der Waals surface area contributed by atoms with Crippen molar-refractivity contribution in [1.29, 1.82) is 0 Å². The zero-order valence-corrected chi connectivity index (χ0v) is 30.9. The molecule has 8 N–H and O–H groups in total. The first-order valence-electron chi connectivity index (χ1n) is 19.0. The molecule has 5 atom stereocenters. The average molecular weight is 712 g/mol. The Balaban J connectivity index is 2.55. The predicted molar refractivity (Wildman–Crippen MR) is 204 cm³/mol. The lowest BCUT2D eigenvalue weighted by molar-refractivity contribution is -0.137. The van der Waals surface area contributed by atoms with Crippen LogP contribution < -0.4 is 5.32 Å². The lowest BCUT2D eigenvalue weighted by Crippen LogP contribution is -2.47. The third-order valence-electron chi connectivity index (χ3n) is 9.69. The van der Waals surface area contributed by atoms with Gasteiger partial charge in [0.15, 0.2) is 0 Å². The van der Waals surface area contributed by atoms with Crippen LogP contribution >= 0.6 is 0 Å². The molecule has 51 heavy (non-hydrogen) atoms. The van der Waals surface area contributed by atoms with Crippen LogP contribution in [0.15, 0.2) is 77.9 Å². The highest BCUT2D eigenvalue weighted by Gasteiger charge is 2.34. The molecule has 0 aliphatic rings. The SMILES string of the molecule is CCCCCC(O)C=CC(CCc1ccccc1)=C(CC(O)CO)C(CCCCCCC(=O)O)NCC(C)(O)C(CCCO)c1ccc(O)cc1. The van der Waals surface area contributed by atoms with Crippen LogP contribution in [-0.4, -0.2) is 85.3 Å². The molecule has 286 valence electrons. The number of carboxylic acid groups (broad SMARTS) is 1. The van der Waals surface area contributed by atoms with Crippen molar-refractivity contribution in [2.75, 3.05) is 19.8 Å². The monoisotopic (exact) mass is 711 g/mol. The number of hydrogen-bond acceptors (Lipinski definition) is 8. The first kappa shape index (κ1) is 44.1. The number of aliphatic hydroxyl groups excluding tert-OH is 4. The molecular weight excluding hydrogens is 646 g/mol. The molecule has 2 aromatic carbocycles. The highest BCUT2D eigenvalue weighted by Crippen LogP contribution is 2.34. The van der Waals surface area contributed by atoms with Gasteiger partial charge in [0.25, 0.3) is 0 Å². The van der Waals surface area contributed by atoms with Crippen LogP contribution in [-0.2, 0) is 11.2 Å². The summed E-state index contributed by atoms with van der Waals surface area (Å²) in [6.45, 7) is 3.65. The number of aryl methyl sites for hydroxylation is 1. The fraction of sp³-hybridized carbons (Fsp3) is 0.595. The normalized spacial score (nSPS) is 16.0. The van der Waals surface area contributed by atoms with E-state index in [2.05, 4.69) is 24.4 Å². The minimum absolute atomic E-state index is 0.0179. The van der Waals surface area contributed by atoms with E-state index in [0.29, 0.717) is 38.5 Å². The van der Waals surface area contributed by atoms with Gasteiger partial charge in [0.2, 0.25) is 0 Å². The number of rotatable bonds is 28. The van der Waals surface area contributed by atoms with Crippen LogP contribution in [0.2, 0.25) is 0 Å². The third kappa shape index (κ3) is 17.8. The highest BCUT2D eigenvalue weighted by atomic mass is 16.4. The highest BCUT2D eigenvalue weighted by molar-refractivity contribution is 5.66. The summed E-state index contributed by atoms with van der Waals surface area (Å²) in [5, 5.41) is 76.1. The van der Waals surface area contributed by atoms with Gasteiger partial charge in [0.05, 0.1) is 24.4 Å². The molecule has 0 aliphatic heterocycles. The van der Waals surface area contributed by atoms with E-state index in [0.717, 1.165) is 67.2 Å². The number of phenolic OH excluding ortho intramolecular Hbond substituents is 1. The smallest absolute Gasteiger partial charge is 0.303 e. The average Bonchev–Trinajstić information content (AvgIpc) is 3.11. The van der Waals surface area contributed by atoms with Crippen molar-refractivity contribution >= 4 is 5.97 Å². The van der Waals surface area contributed by atoms with Crippen molar-refractivity contribution in [3.63, 3.8) is 0 Å². The third-order valence-corrected chi connectivity index (χ3v) is 9.69. The maximum Gasteiger partial charge on any atom is 0.303 e. The van der Waals surface area contributed by atoms with E-state index < -0.39 is 30.4 Å². The first-order valence-corrected chi connectivity index (χ1v) is 19.0. The number of carboxylic acids is 1. The van der Waals surface area contributed by atoms with E-state index in [1.165, 1.54) is 0 Å². The quantitative estimate of drug-likeness (QED) is 0.0360. The number of allylic oxidation sites excluding steroid dienone is 2. The summed E-state index contributed by atoms with van der Waals surface area (Å²) in [6.07, 6.45) is 12.1. The lowest BCUT2D eigenvalue weighted by Gasteiger charge is -2.36. The summed E-state index contributed by atoms with van der Waals surface area (Å²) in [4.78, 5) is 11.1. The number of benzene rings is 2. The Morgan fingerprint density at radius 3 is 2.20 bits per heavy atom. The van der Waals surface area contributed by atoms with Crippen molar-refractivity contribution < 1.29 is 40.5 Å². The fourth-order valence-corrected chi connectivity index (χ4v) is 6.69. The molecule has 0 aromatic heterocycles. The topological polar surface area (TPSA) is 171 Å². The van der Waals surface area contributed by atoms with Crippen LogP contribution in [0.5, 0.6) is 5.75 Å². The molecule has 0 aliphatic carbocycles. The second-order valence-electron chi connectivity index (χ2n) is 14.1. The molecule has 0 spiro atoms. The summed E-state index contributed by atoms with van der Waals surface area (Å²) >= 11 is 0. The van der Waals surface area contributed by atoms with Gasteiger partial charge in [-0.1, -0.05) is 100 Å². The minimum atomic E-state index is -1.26. The molecule has 0 radical (unpaired) electrons. The van der Waals surface area contributed by atoms with Gasteiger partial charge in [-0.2, -0.15) is 0 Å². The van der Waals surface area contributed by atoms with Crippen LogP contribution in [0.1, 0.15) is 121 Å². The standard InChI is InChI=1S/C42H65NO8/c1-3-4-8-16-35(46)25-22-33(21-20-32-14-9-7-10-15-32)38(29-37(48)30-45)40(18-11-5-6-12-19-41(49)50)43-31-42(2,51)39(17-13-28-44)34-23-26-36(47)27-24-34/h7,9-10,14-15,22-27,35,37,39-40,43-48,51H,3-6,8,11-13,16-21,28-31H2,1-2H3,(H,49,50). The maximum atomic E-state index is 12.0. The lowest BCUT2D eigenvalue weighted by atomic mass is 9.79. The van der Waals surface area contributed by atoms with E-state index in [4.69, 9.17) is 5.11 Å². The number of carbonyl (C=O) groups is 1. The van der Waals surface area contributed by atoms with E-state index >= 15 is 0 Å². The molecule has 9 heteroatoms. The number of phenols is 1. The summed E-state index contributed by atoms with van der Waals surface area (Å²) in [6, 6.07) is 16.6. The second kappa shape index (κ2) is 25.0. The van der Waals surface area contributed by atoms with Gasteiger partial charge in [-0.05, 0) is 92.7 Å². The number of hydrogen-bond donors (Lipinski definition) is 8. The molecule has 0 saturated carbocycles. The van der Waals surface area contributed by atoms with Crippen molar-refractivity contribution in [2.45, 2.75) is 140 Å². The van der Waals surface area contributed by atoms with Gasteiger partial charge in [0.1, 0.15) is 5.75 Å². The molecule has 0 amide bonds. The van der Waals surface area contributed by atoms with Gasteiger partial charge in [-0.25, -0.2) is 0 Å². The molecule has 2 rings (SSSR count). The van der Waals surface area contributed by atoms with Crippen LogP contribution in [0.3, 0.4) is 0 Å². The second-order valence-corrected chi connectivity index (χ2v) is 14.1. The number of aliphatic carboxylic acids is 1. The molecule has 0 saturated heterocycles. The fourth-order valence-electron chi connectivity index (χ4n) is 6.69. The molecule has 5 unspecified atom stereocenters. The molecule has 0 heterocycles. The van der Waals surface area contributed by atoms with Crippen LogP contribution in [0.25, 0.3) is 0 Å². The van der Waals surface area contributed by atoms with E-state index in [-0.39, 0.29) is 43.7 Å². The maximum absolute atomic E-state index is 12.0. The Hall–Kier alpha value is -3.05. The molecule has 2 aromatic rings. The van der Waals surface area contributed by atoms with Gasteiger partial charge in [-0.3, -0.25) is 4.79 Å². The van der Waals surface area contributed by atoms with Gasteiger partial charge < -0.3 is 41.1 Å². The summed E-state index contributed by atoms with van der Waals surface area (Å²) in [5.41, 5.74) is 2.60. The summed E-state index contributed by atoms with van der Waals surface area (Å²) in [7, 11) is 0. The minimum Gasteiger partial charge on any atom is -0.508 e. The van der Waals surface area contributed by atoms with E-state index in [1.807, 2.05) is 30.4 Å². The summed E-state index contributed by atoms with van der Waals surface area (Å²) < 4.78 is 0. The largest absolute Gasteiger partial charge is 0.508 e. The van der Waals surface area contributed by atoms with Gasteiger partial charge in [0, 0.05) is 31.5 Å². The van der Waals surface area contributed by atoms with Crippen LogP contribution in [0.4, 0.5) is 0 Å². The van der Waals surface area contributed by atoms with Crippen LogP contribution in [0, 0.1) is 0 Å². The molecule has 0 fully saturated rings. The molecule has 9 nitrogen and oxygen atoms in total.